The molecule has 0 saturated heterocycles. The highest BCUT2D eigenvalue weighted by molar-refractivity contribution is 5.94. The van der Waals surface area contributed by atoms with Gasteiger partial charge in [0.1, 0.15) is 0 Å². The van der Waals surface area contributed by atoms with E-state index in [1.807, 2.05) is 0 Å². The fourth-order valence-electron chi connectivity index (χ4n) is 1.98. The topological polar surface area (TPSA) is 112 Å². The third-order valence-corrected chi connectivity index (χ3v) is 3.22. The van der Waals surface area contributed by atoms with Crippen LogP contribution in [0.15, 0.2) is 59.7 Å². The van der Waals surface area contributed by atoms with Crippen LogP contribution in [0.1, 0.15) is 17.0 Å². The zero-order valence-electron chi connectivity index (χ0n) is 14.1. The molecule has 0 aliphatic heterocycles. The van der Waals surface area contributed by atoms with E-state index >= 15 is 0 Å². The average Bonchev–Trinajstić information content (AvgIpc) is 3.16. The Morgan fingerprint density at radius 2 is 1.69 bits per heavy atom. The van der Waals surface area contributed by atoms with Gasteiger partial charge in [-0.15, -0.1) is 6.58 Å². The number of carbonyl (C=O) groups excluding carboxylic acids is 3. The van der Waals surface area contributed by atoms with Crippen molar-refractivity contribution in [2.75, 3.05) is 23.7 Å². The molecule has 4 amide bonds. The van der Waals surface area contributed by atoms with E-state index in [0.717, 1.165) is 0 Å². The lowest BCUT2D eigenvalue weighted by atomic mass is 10.2. The van der Waals surface area contributed by atoms with Crippen LogP contribution in [0.5, 0.6) is 0 Å². The summed E-state index contributed by atoms with van der Waals surface area (Å²) in [6, 6.07) is 9.49. The Hall–Kier alpha value is -3.55. The largest absolute Gasteiger partial charge is 0.459 e. The second-order valence-electron chi connectivity index (χ2n) is 5.23. The minimum Gasteiger partial charge on any atom is -0.459 e. The minimum absolute atomic E-state index is 0.121. The fourth-order valence-corrected chi connectivity index (χ4v) is 1.98. The molecule has 8 nitrogen and oxygen atoms in total. The molecular formula is C18H20N4O4. The van der Waals surface area contributed by atoms with Crippen molar-refractivity contribution in [1.82, 2.24) is 10.6 Å². The molecule has 0 unspecified atom stereocenters. The minimum atomic E-state index is -0.368. The monoisotopic (exact) mass is 356 g/mol. The number of carbonyl (C=O) groups is 3. The lowest BCUT2D eigenvalue weighted by Crippen LogP contribution is -2.28. The second-order valence-corrected chi connectivity index (χ2v) is 5.23. The first-order valence-corrected chi connectivity index (χ1v) is 7.96. The Morgan fingerprint density at radius 3 is 2.31 bits per heavy atom. The molecule has 0 radical (unpaired) electrons. The molecule has 136 valence electrons. The lowest BCUT2D eigenvalue weighted by molar-refractivity contribution is -0.116. The van der Waals surface area contributed by atoms with E-state index < -0.39 is 0 Å². The Kier molecular flexibility index (Phi) is 6.99. The van der Waals surface area contributed by atoms with Crippen LogP contribution in [-0.4, -0.2) is 30.9 Å². The summed E-state index contributed by atoms with van der Waals surface area (Å²) in [4.78, 5) is 35.1. The first-order chi connectivity index (χ1) is 12.6. The lowest BCUT2D eigenvalue weighted by Gasteiger charge is -2.08. The van der Waals surface area contributed by atoms with Crippen molar-refractivity contribution in [2.45, 2.75) is 6.42 Å². The quantitative estimate of drug-likeness (QED) is 0.544. The van der Waals surface area contributed by atoms with E-state index in [4.69, 9.17) is 4.42 Å². The predicted molar refractivity (Wildman–Crippen MR) is 97.9 cm³/mol. The van der Waals surface area contributed by atoms with E-state index in [2.05, 4.69) is 27.8 Å². The maximum absolute atomic E-state index is 11.9. The van der Waals surface area contributed by atoms with Crippen LogP contribution in [0.2, 0.25) is 0 Å². The highest BCUT2D eigenvalue weighted by Crippen LogP contribution is 2.13. The first-order valence-electron chi connectivity index (χ1n) is 7.96. The van der Waals surface area contributed by atoms with Gasteiger partial charge in [-0.3, -0.25) is 9.59 Å². The molecule has 4 N–H and O–H groups in total. The maximum atomic E-state index is 11.9. The number of furan rings is 1. The van der Waals surface area contributed by atoms with Gasteiger partial charge in [-0.1, -0.05) is 6.08 Å². The van der Waals surface area contributed by atoms with Crippen molar-refractivity contribution in [3.05, 3.63) is 61.1 Å². The molecule has 26 heavy (non-hydrogen) atoms. The van der Waals surface area contributed by atoms with Gasteiger partial charge in [0.15, 0.2) is 5.76 Å². The van der Waals surface area contributed by atoms with E-state index in [1.54, 1.807) is 42.5 Å². The predicted octanol–water partition coefficient (Wildman–Crippen LogP) is 2.35. The van der Waals surface area contributed by atoms with Crippen molar-refractivity contribution in [3.8, 4) is 0 Å². The number of urea groups is 1. The number of hydrogen-bond donors (Lipinski definition) is 4. The summed E-state index contributed by atoms with van der Waals surface area (Å²) in [6.07, 6.45) is 3.11. The van der Waals surface area contributed by atoms with Crippen LogP contribution in [-0.2, 0) is 4.79 Å². The van der Waals surface area contributed by atoms with Gasteiger partial charge in [0.05, 0.1) is 6.26 Å². The van der Waals surface area contributed by atoms with Crippen LogP contribution in [0.25, 0.3) is 0 Å². The summed E-state index contributed by atoms with van der Waals surface area (Å²) in [5, 5.41) is 10.5. The smallest absolute Gasteiger partial charge is 0.319 e. The van der Waals surface area contributed by atoms with Gasteiger partial charge >= 0.3 is 6.03 Å². The summed E-state index contributed by atoms with van der Waals surface area (Å²) in [5.74, 6) is -0.409. The van der Waals surface area contributed by atoms with E-state index in [1.165, 1.54) is 6.26 Å². The molecule has 1 aromatic heterocycles. The molecule has 1 heterocycles. The second kappa shape index (κ2) is 9.67. The standard InChI is InChI=1S/C18H20N4O4/c1-2-10-20-18(25)22-14-7-5-13(6-8-14)21-16(23)9-11-19-17(24)15-4-3-12-26-15/h2-8,12H,1,9-11H2,(H,19,24)(H,21,23)(H2,20,22,25). The number of rotatable bonds is 8. The SMILES string of the molecule is C=CCNC(=O)Nc1ccc(NC(=O)CCNC(=O)c2ccco2)cc1. The van der Waals surface area contributed by atoms with Crippen molar-refractivity contribution in [2.24, 2.45) is 0 Å². The molecule has 0 aliphatic rings. The first kappa shape index (κ1) is 18.8. The van der Waals surface area contributed by atoms with Gasteiger partial charge in [-0.2, -0.15) is 0 Å². The Labute approximate surface area is 150 Å². The molecule has 0 aliphatic carbocycles. The van der Waals surface area contributed by atoms with Crippen molar-refractivity contribution in [3.63, 3.8) is 0 Å². The number of benzene rings is 1. The molecule has 0 fully saturated rings. The van der Waals surface area contributed by atoms with Crippen molar-refractivity contribution < 1.29 is 18.8 Å². The molecule has 2 aromatic rings. The van der Waals surface area contributed by atoms with E-state index in [9.17, 15) is 14.4 Å². The molecular weight excluding hydrogens is 336 g/mol. The summed E-state index contributed by atoms with van der Waals surface area (Å²) in [5.41, 5.74) is 1.18. The Balaban J connectivity index is 1.72. The molecule has 0 saturated carbocycles. The molecule has 0 spiro atoms. The normalized spacial score (nSPS) is 9.85. The van der Waals surface area contributed by atoms with E-state index in [-0.39, 0.29) is 36.6 Å². The number of anilines is 2. The van der Waals surface area contributed by atoms with Gasteiger partial charge in [0.25, 0.3) is 5.91 Å². The third kappa shape index (κ3) is 6.16. The summed E-state index contributed by atoms with van der Waals surface area (Å²) >= 11 is 0. The zero-order valence-corrected chi connectivity index (χ0v) is 14.1. The Morgan fingerprint density at radius 1 is 1.00 bits per heavy atom. The highest BCUT2D eigenvalue weighted by atomic mass is 16.3. The van der Waals surface area contributed by atoms with Gasteiger partial charge in [-0.05, 0) is 36.4 Å². The molecule has 1 aromatic carbocycles. The molecule has 8 heteroatoms. The Bertz CT molecular complexity index is 754. The van der Waals surface area contributed by atoms with Crippen LogP contribution >= 0.6 is 0 Å². The van der Waals surface area contributed by atoms with Gasteiger partial charge in [0, 0.05) is 30.9 Å². The summed E-state index contributed by atoms with van der Waals surface area (Å²) in [7, 11) is 0. The third-order valence-electron chi connectivity index (χ3n) is 3.22. The van der Waals surface area contributed by atoms with Gasteiger partial charge < -0.3 is 25.7 Å². The molecule has 0 bridgehead atoms. The molecule has 0 atom stereocenters. The summed E-state index contributed by atoms with van der Waals surface area (Å²) in [6.45, 7) is 4.07. The zero-order chi connectivity index (χ0) is 18.8. The van der Waals surface area contributed by atoms with Gasteiger partial charge in [0.2, 0.25) is 5.91 Å². The van der Waals surface area contributed by atoms with Crippen LogP contribution in [0.4, 0.5) is 16.2 Å². The van der Waals surface area contributed by atoms with Gasteiger partial charge in [-0.25, -0.2) is 4.79 Å². The van der Waals surface area contributed by atoms with Crippen LogP contribution in [0, 0.1) is 0 Å². The van der Waals surface area contributed by atoms with Crippen LogP contribution < -0.4 is 21.3 Å². The average molecular weight is 356 g/mol. The maximum Gasteiger partial charge on any atom is 0.319 e. The number of hydrogen-bond acceptors (Lipinski definition) is 4. The fraction of sp³-hybridized carbons (Fsp3) is 0.167. The summed E-state index contributed by atoms with van der Waals surface area (Å²) < 4.78 is 4.96. The number of nitrogens with one attached hydrogen (secondary N) is 4. The van der Waals surface area contributed by atoms with Crippen LogP contribution in [0.3, 0.4) is 0 Å². The van der Waals surface area contributed by atoms with E-state index in [0.29, 0.717) is 17.9 Å². The highest BCUT2D eigenvalue weighted by Gasteiger charge is 2.09. The number of amides is 4. The van der Waals surface area contributed by atoms with Crippen molar-refractivity contribution >= 4 is 29.2 Å². The van der Waals surface area contributed by atoms with Crippen molar-refractivity contribution in [1.29, 1.82) is 0 Å². The molecule has 2 rings (SSSR count).